The Morgan fingerprint density at radius 2 is 1.90 bits per heavy atom. The first-order chi connectivity index (χ1) is 14.5. The number of hydrogen-bond donors (Lipinski definition) is 1. The van der Waals surface area contributed by atoms with Crippen molar-refractivity contribution < 1.29 is 23.5 Å². The number of amides is 1. The molecule has 0 saturated heterocycles. The minimum absolute atomic E-state index is 0.126. The zero-order valence-electron chi connectivity index (χ0n) is 17.1. The maximum Gasteiger partial charge on any atom is 0.317 e. The Balaban J connectivity index is 1.78. The molecule has 1 aromatic heterocycles. The van der Waals surface area contributed by atoms with Gasteiger partial charge in [0.05, 0.1) is 12.9 Å². The molecule has 6 heteroatoms. The molecular weight excluding hydrogens is 382 g/mol. The summed E-state index contributed by atoms with van der Waals surface area (Å²) in [7, 11) is 0. The van der Waals surface area contributed by atoms with E-state index in [0.29, 0.717) is 23.5 Å². The van der Waals surface area contributed by atoms with Crippen molar-refractivity contribution in [3.8, 4) is 0 Å². The van der Waals surface area contributed by atoms with Crippen LogP contribution >= 0.6 is 0 Å². The monoisotopic (exact) mass is 407 g/mol. The molecule has 2 aliphatic rings. The van der Waals surface area contributed by atoms with Crippen LogP contribution in [0.15, 0.2) is 58.3 Å². The molecule has 4 rings (SSSR count). The minimum Gasteiger partial charge on any atom is -0.469 e. The number of hydrogen-bond acceptors (Lipinski definition) is 5. The van der Waals surface area contributed by atoms with Crippen LogP contribution < -0.4 is 5.32 Å². The molecule has 6 nitrogen and oxygen atoms in total. The third-order valence-electron chi connectivity index (χ3n) is 5.97. The van der Waals surface area contributed by atoms with E-state index in [1.54, 1.807) is 19.1 Å². The Bertz CT molecular complexity index is 987. The van der Waals surface area contributed by atoms with E-state index < -0.39 is 17.8 Å². The quantitative estimate of drug-likeness (QED) is 0.604. The molecule has 3 atom stereocenters. The van der Waals surface area contributed by atoms with Gasteiger partial charge in [0.2, 0.25) is 5.91 Å². The van der Waals surface area contributed by atoms with Crippen LogP contribution in [0, 0.1) is 5.92 Å². The lowest BCUT2D eigenvalue weighted by Crippen LogP contribution is -2.44. The number of rotatable bonds is 5. The van der Waals surface area contributed by atoms with E-state index in [1.165, 1.54) is 11.8 Å². The molecule has 1 aliphatic carbocycles. The Hall–Kier alpha value is -3.15. The second kappa shape index (κ2) is 8.30. The van der Waals surface area contributed by atoms with E-state index in [1.807, 2.05) is 24.3 Å². The molecule has 30 heavy (non-hydrogen) atoms. The number of nitrogens with one attached hydrogen (secondary N) is 1. The standard InChI is InChI=1S/C24H25NO5/c1-3-14-7-9-15(10-8-14)16-13-20(26)25-18-12-17(19-6-5-11-30-19)22(23(27)21(16)18)24(28)29-4-2/h5-11,16-17,22H,3-4,12-13H2,1-2H3,(H,25,26)/t16-,17-,22-/m0/s1. The van der Waals surface area contributed by atoms with Gasteiger partial charge in [-0.25, -0.2) is 0 Å². The fourth-order valence-electron chi connectivity index (χ4n) is 4.49. The van der Waals surface area contributed by atoms with Gasteiger partial charge in [0.15, 0.2) is 5.78 Å². The summed E-state index contributed by atoms with van der Waals surface area (Å²) in [6.45, 7) is 3.99. The third-order valence-corrected chi connectivity index (χ3v) is 5.97. The number of Topliss-reactive ketones (excluding diaryl/α,β-unsaturated/α-hetero) is 1. The molecule has 0 radical (unpaired) electrons. The first kappa shape index (κ1) is 20.1. The van der Waals surface area contributed by atoms with Gasteiger partial charge >= 0.3 is 5.97 Å². The van der Waals surface area contributed by atoms with E-state index in [-0.39, 0.29) is 30.6 Å². The maximum atomic E-state index is 13.6. The van der Waals surface area contributed by atoms with E-state index >= 15 is 0 Å². The van der Waals surface area contributed by atoms with E-state index in [0.717, 1.165) is 12.0 Å². The van der Waals surface area contributed by atoms with E-state index in [4.69, 9.17) is 9.15 Å². The number of aryl methyl sites for hydroxylation is 1. The normalized spacial score (nSPS) is 23.7. The van der Waals surface area contributed by atoms with Gasteiger partial charge in [-0.2, -0.15) is 0 Å². The molecule has 0 saturated carbocycles. The SMILES string of the molecule is CCOC(=O)[C@@H]1C(=O)C2=C(C[C@H]1c1ccco1)NC(=O)C[C@H]2c1ccc(CC)cc1. The lowest BCUT2D eigenvalue weighted by molar-refractivity contribution is -0.152. The van der Waals surface area contributed by atoms with Gasteiger partial charge in [-0.1, -0.05) is 31.2 Å². The molecule has 1 aliphatic heterocycles. The average molecular weight is 407 g/mol. The van der Waals surface area contributed by atoms with Crippen LogP contribution in [0.5, 0.6) is 0 Å². The van der Waals surface area contributed by atoms with Crippen LogP contribution in [0.2, 0.25) is 0 Å². The molecule has 156 valence electrons. The molecular formula is C24H25NO5. The van der Waals surface area contributed by atoms with Crippen molar-refractivity contribution in [2.75, 3.05) is 6.61 Å². The number of carbonyl (C=O) groups excluding carboxylic acids is 3. The number of ketones is 1. The van der Waals surface area contributed by atoms with Crippen molar-refractivity contribution in [2.45, 2.75) is 44.9 Å². The Labute approximate surface area is 175 Å². The van der Waals surface area contributed by atoms with Gasteiger partial charge in [0.1, 0.15) is 11.7 Å². The van der Waals surface area contributed by atoms with Crippen molar-refractivity contribution in [3.05, 3.63) is 70.8 Å². The zero-order valence-corrected chi connectivity index (χ0v) is 17.1. The highest BCUT2D eigenvalue weighted by molar-refractivity contribution is 6.12. The van der Waals surface area contributed by atoms with Gasteiger partial charge in [0.25, 0.3) is 0 Å². The van der Waals surface area contributed by atoms with Gasteiger partial charge in [-0.15, -0.1) is 0 Å². The van der Waals surface area contributed by atoms with Crippen molar-refractivity contribution in [3.63, 3.8) is 0 Å². The first-order valence-electron chi connectivity index (χ1n) is 10.4. The third kappa shape index (κ3) is 3.58. The summed E-state index contributed by atoms with van der Waals surface area (Å²) in [6, 6.07) is 11.5. The smallest absolute Gasteiger partial charge is 0.317 e. The molecule has 1 N–H and O–H groups in total. The topological polar surface area (TPSA) is 85.6 Å². The summed E-state index contributed by atoms with van der Waals surface area (Å²) in [6.07, 6.45) is 2.95. The van der Waals surface area contributed by atoms with Gasteiger partial charge < -0.3 is 14.5 Å². The predicted molar refractivity (Wildman–Crippen MR) is 110 cm³/mol. The largest absolute Gasteiger partial charge is 0.469 e. The molecule has 0 fully saturated rings. The summed E-state index contributed by atoms with van der Waals surface area (Å²) in [4.78, 5) is 38.9. The van der Waals surface area contributed by atoms with Gasteiger partial charge in [-0.05, 0) is 43.0 Å². The van der Waals surface area contributed by atoms with E-state index in [2.05, 4.69) is 12.2 Å². The zero-order chi connectivity index (χ0) is 21.3. The highest BCUT2D eigenvalue weighted by Crippen LogP contribution is 2.45. The highest BCUT2D eigenvalue weighted by Gasteiger charge is 2.48. The number of benzene rings is 1. The summed E-state index contributed by atoms with van der Waals surface area (Å²) in [5.74, 6) is -2.29. The van der Waals surface area contributed by atoms with Crippen molar-refractivity contribution in [1.29, 1.82) is 0 Å². The van der Waals surface area contributed by atoms with Crippen LogP contribution in [-0.2, 0) is 25.5 Å². The summed E-state index contributed by atoms with van der Waals surface area (Å²) in [5, 5.41) is 2.88. The second-order valence-corrected chi connectivity index (χ2v) is 7.71. The molecule has 2 heterocycles. The molecule has 1 amide bonds. The van der Waals surface area contributed by atoms with Crippen molar-refractivity contribution in [1.82, 2.24) is 5.32 Å². The van der Waals surface area contributed by atoms with Gasteiger partial charge in [0, 0.05) is 29.5 Å². The Kier molecular flexibility index (Phi) is 5.57. The Morgan fingerprint density at radius 3 is 2.53 bits per heavy atom. The van der Waals surface area contributed by atoms with Crippen molar-refractivity contribution >= 4 is 17.7 Å². The summed E-state index contributed by atoms with van der Waals surface area (Å²) >= 11 is 0. The second-order valence-electron chi connectivity index (χ2n) is 7.71. The highest BCUT2D eigenvalue weighted by atomic mass is 16.5. The van der Waals surface area contributed by atoms with E-state index in [9.17, 15) is 14.4 Å². The van der Waals surface area contributed by atoms with Crippen molar-refractivity contribution in [2.24, 2.45) is 5.92 Å². The Morgan fingerprint density at radius 1 is 1.13 bits per heavy atom. The minimum atomic E-state index is -0.984. The molecule has 0 spiro atoms. The van der Waals surface area contributed by atoms with Crippen LogP contribution in [0.25, 0.3) is 0 Å². The van der Waals surface area contributed by atoms with Crippen LogP contribution in [0.3, 0.4) is 0 Å². The first-order valence-corrected chi connectivity index (χ1v) is 10.4. The molecule has 0 bridgehead atoms. The molecule has 2 aromatic rings. The molecule has 1 aromatic carbocycles. The lowest BCUT2D eigenvalue weighted by atomic mass is 9.69. The summed E-state index contributed by atoms with van der Waals surface area (Å²) in [5.41, 5.74) is 3.19. The lowest BCUT2D eigenvalue weighted by Gasteiger charge is -2.37. The van der Waals surface area contributed by atoms with Crippen LogP contribution in [-0.4, -0.2) is 24.3 Å². The average Bonchev–Trinajstić information content (AvgIpc) is 3.27. The number of esters is 1. The fraction of sp³-hybridized carbons (Fsp3) is 0.375. The number of carbonyl (C=O) groups is 3. The number of allylic oxidation sites excluding steroid dienone is 2. The number of ether oxygens (including phenoxy) is 1. The molecule has 0 unspecified atom stereocenters. The fourth-order valence-corrected chi connectivity index (χ4v) is 4.49. The predicted octanol–water partition coefficient (Wildman–Crippen LogP) is 3.64. The van der Waals surface area contributed by atoms with Crippen LogP contribution in [0.4, 0.5) is 0 Å². The number of furan rings is 1. The van der Waals surface area contributed by atoms with Gasteiger partial charge in [-0.3, -0.25) is 14.4 Å². The summed E-state index contributed by atoms with van der Waals surface area (Å²) < 4.78 is 10.8. The maximum absolute atomic E-state index is 13.6. The van der Waals surface area contributed by atoms with Crippen LogP contribution in [0.1, 0.15) is 55.4 Å².